The van der Waals surface area contributed by atoms with Crippen molar-refractivity contribution in [3.05, 3.63) is 77.2 Å². The standard InChI is InChI=1S/C16H16OS/c1-17-16(15-10-6-3-7-11-15)18-13-12-14-8-4-2-5-9-14/h2-13,16H,1H3. The largest absolute Gasteiger partial charge is 0.366 e. The van der Waals surface area contributed by atoms with Gasteiger partial charge < -0.3 is 4.74 Å². The lowest BCUT2D eigenvalue weighted by atomic mass is 10.2. The van der Waals surface area contributed by atoms with Crippen LogP contribution in [-0.4, -0.2) is 7.11 Å². The van der Waals surface area contributed by atoms with Gasteiger partial charge in [-0.25, -0.2) is 0 Å². The molecule has 2 aromatic rings. The molecule has 0 aliphatic carbocycles. The highest BCUT2D eigenvalue weighted by atomic mass is 32.2. The molecule has 0 N–H and O–H groups in total. The van der Waals surface area contributed by atoms with Gasteiger partial charge in [0.1, 0.15) is 5.44 Å². The van der Waals surface area contributed by atoms with E-state index in [1.165, 1.54) is 11.1 Å². The van der Waals surface area contributed by atoms with Gasteiger partial charge in [-0.15, -0.1) is 0 Å². The molecule has 1 nitrogen and oxygen atoms in total. The van der Waals surface area contributed by atoms with Crippen LogP contribution in [0.2, 0.25) is 0 Å². The topological polar surface area (TPSA) is 9.23 Å². The number of ether oxygens (including phenoxy) is 1. The third-order valence-electron chi connectivity index (χ3n) is 2.55. The minimum absolute atomic E-state index is 0.0474. The Labute approximate surface area is 112 Å². The number of thioether (sulfide) groups is 1. The number of hydrogen-bond acceptors (Lipinski definition) is 2. The maximum Gasteiger partial charge on any atom is 0.131 e. The molecule has 0 bridgehead atoms. The fraction of sp³-hybridized carbons (Fsp3) is 0.125. The molecule has 0 fully saturated rings. The minimum atomic E-state index is 0.0474. The van der Waals surface area contributed by atoms with E-state index in [-0.39, 0.29) is 5.44 Å². The average molecular weight is 256 g/mol. The molecule has 0 aliphatic rings. The molecule has 0 amide bonds. The summed E-state index contributed by atoms with van der Waals surface area (Å²) in [7, 11) is 1.74. The molecule has 2 rings (SSSR count). The summed E-state index contributed by atoms with van der Waals surface area (Å²) in [4.78, 5) is 0. The van der Waals surface area contributed by atoms with E-state index < -0.39 is 0 Å². The SMILES string of the molecule is COC(SC=Cc1ccccc1)c1ccccc1. The molecule has 18 heavy (non-hydrogen) atoms. The normalized spacial score (nSPS) is 12.7. The molecule has 1 unspecified atom stereocenters. The third kappa shape index (κ3) is 3.76. The Kier molecular flexibility index (Phi) is 5.06. The first-order valence-corrected chi connectivity index (χ1v) is 6.79. The maximum atomic E-state index is 5.49. The molecule has 2 aromatic carbocycles. The summed E-state index contributed by atoms with van der Waals surface area (Å²) in [5.74, 6) is 0. The van der Waals surface area contributed by atoms with Crippen LogP contribution >= 0.6 is 11.8 Å². The summed E-state index contributed by atoms with van der Waals surface area (Å²) >= 11 is 1.67. The molecule has 0 radical (unpaired) electrons. The summed E-state index contributed by atoms with van der Waals surface area (Å²) in [6, 6.07) is 20.5. The van der Waals surface area contributed by atoms with Crippen LogP contribution in [0.4, 0.5) is 0 Å². The molecular formula is C16H16OS. The summed E-state index contributed by atoms with van der Waals surface area (Å²) in [5.41, 5.74) is 2.43. The molecule has 0 heterocycles. The monoisotopic (exact) mass is 256 g/mol. The van der Waals surface area contributed by atoms with Gasteiger partial charge in [0.15, 0.2) is 0 Å². The highest BCUT2D eigenvalue weighted by Gasteiger charge is 2.07. The van der Waals surface area contributed by atoms with Crippen LogP contribution in [0, 0.1) is 0 Å². The quantitative estimate of drug-likeness (QED) is 0.715. The van der Waals surface area contributed by atoms with Crippen molar-refractivity contribution in [3.8, 4) is 0 Å². The van der Waals surface area contributed by atoms with Gasteiger partial charge in [-0.05, 0) is 22.6 Å². The first-order chi connectivity index (χ1) is 8.90. The first-order valence-electron chi connectivity index (χ1n) is 5.85. The smallest absolute Gasteiger partial charge is 0.131 e. The van der Waals surface area contributed by atoms with E-state index in [4.69, 9.17) is 4.74 Å². The highest BCUT2D eigenvalue weighted by Crippen LogP contribution is 2.30. The second-order valence-corrected chi connectivity index (χ2v) is 4.80. The van der Waals surface area contributed by atoms with Crippen molar-refractivity contribution in [1.82, 2.24) is 0 Å². The van der Waals surface area contributed by atoms with Crippen LogP contribution in [0.3, 0.4) is 0 Å². The van der Waals surface area contributed by atoms with Gasteiger partial charge in [0.25, 0.3) is 0 Å². The van der Waals surface area contributed by atoms with Crippen molar-refractivity contribution >= 4 is 17.8 Å². The minimum Gasteiger partial charge on any atom is -0.366 e. The molecule has 0 saturated heterocycles. The summed E-state index contributed by atoms with van der Waals surface area (Å²) in [6.07, 6.45) is 2.10. The lowest BCUT2D eigenvalue weighted by Gasteiger charge is -2.12. The van der Waals surface area contributed by atoms with E-state index >= 15 is 0 Å². The summed E-state index contributed by atoms with van der Waals surface area (Å²) in [5, 5.41) is 2.08. The van der Waals surface area contributed by atoms with Crippen LogP contribution in [-0.2, 0) is 4.74 Å². The van der Waals surface area contributed by atoms with Crippen molar-refractivity contribution in [2.24, 2.45) is 0 Å². The van der Waals surface area contributed by atoms with Crippen LogP contribution in [0.1, 0.15) is 16.6 Å². The zero-order valence-electron chi connectivity index (χ0n) is 10.3. The van der Waals surface area contributed by atoms with Crippen molar-refractivity contribution in [3.63, 3.8) is 0 Å². The zero-order valence-corrected chi connectivity index (χ0v) is 11.1. The fourth-order valence-electron chi connectivity index (χ4n) is 1.63. The first kappa shape index (κ1) is 12.9. The Morgan fingerprint density at radius 1 is 0.944 bits per heavy atom. The van der Waals surface area contributed by atoms with Gasteiger partial charge in [0.05, 0.1) is 0 Å². The van der Waals surface area contributed by atoms with Crippen LogP contribution in [0.5, 0.6) is 0 Å². The Morgan fingerprint density at radius 3 is 2.17 bits per heavy atom. The molecule has 2 heteroatoms. The molecule has 0 aliphatic heterocycles. The van der Waals surface area contributed by atoms with Gasteiger partial charge in [-0.2, -0.15) is 0 Å². The van der Waals surface area contributed by atoms with Gasteiger partial charge in [-0.3, -0.25) is 0 Å². The van der Waals surface area contributed by atoms with Crippen molar-refractivity contribution in [2.45, 2.75) is 5.44 Å². The van der Waals surface area contributed by atoms with Gasteiger partial charge in [0, 0.05) is 7.11 Å². The second kappa shape index (κ2) is 7.04. The molecule has 1 atom stereocenters. The number of methoxy groups -OCH3 is 1. The Morgan fingerprint density at radius 2 is 1.56 bits per heavy atom. The Hall–Kier alpha value is -1.51. The number of benzene rings is 2. The molecule has 92 valence electrons. The van der Waals surface area contributed by atoms with Gasteiger partial charge in [-0.1, -0.05) is 72.4 Å². The number of hydrogen-bond donors (Lipinski definition) is 0. The maximum absolute atomic E-state index is 5.49. The molecule has 0 aromatic heterocycles. The zero-order chi connectivity index (χ0) is 12.6. The third-order valence-corrected chi connectivity index (χ3v) is 3.55. The molecule has 0 spiro atoms. The van der Waals surface area contributed by atoms with Crippen molar-refractivity contribution < 1.29 is 4.74 Å². The predicted molar refractivity (Wildman–Crippen MR) is 79.3 cm³/mol. The van der Waals surface area contributed by atoms with E-state index in [0.29, 0.717) is 0 Å². The van der Waals surface area contributed by atoms with Crippen molar-refractivity contribution in [2.75, 3.05) is 7.11 Å². The van der Waals surface area contributed by atoms with E-state index in [1.54, 1.807) is 18.9 Å². The number of rotatable bonds is 5. The second-order valence-electron chi connectivity index (χ2n) is 3.83. The fourth-order valence-corrected chi connectivity index (χ4v) is 2.44. The van der Waals surface area contributed by atoms with Crippen molar-refractivity contribution in [1.29, 1.82) is 0 Å². The van der Waals surface area contributed by atoms with Gasteiger partial charge in [0.2, 0.25) is 0 Å². The Balaban J connectivity index is 1.98. The lowest BCUT2D eigenvalue weighted by Crippen LogP contribution is -1.94. The summed E-state index contributed by atoms with van der Waals surface area (Å²) in [6.45, 7) is 0. The molecule has 0 saturated carbocycles. The van der Waals surface area contributed by atoms with E-state index in [1.807, 2.05) is 36.4 Å². The van der Waals surface area contributed by atoms with Crippen LogP contribution in [0.15, 0.2) is 66.1 Å². The van der Waals surface area contributed by atoms with E-state index in [0.717, 1.165) is 0 Å². The molecular weight excluding hydrogens is 240 g/mol. The predicted octanol–water partition coefficient (Wildman–Crippen LogP) is 4.74. The van der Waals surface area contributed by atoms with E-state index in [2.05, 4.69) is 35.7 Å². The van der Waals surface area contributed by atoms with E-state index in [9.17, 15) is 0 Å². The van der Waals surface area contributed by atoms with Crippen LogP contribution < -0.4 is 0 Å². The average Bonchev–Trinajstić information content (AvgIpc) is 2.46. The lowest BCUT2D eigenvalue weighted by molar-refractivity contribution is 0.176. The summed E-state index contributed by atoms with van der Waals surface area (Å²) < 4.78 is 5.49. The Bertz CT molecular complexity index is 479. The van der Waals surface area contributed by atoms with Gasteiger partial charge >= 0.3 is 0 Å². The van der Waals surface area contributed by atoms with Crippen LogP contribution in [0.25, 0.3) is 6.08 Å². The highest BCUT2D eigenvalue weighted by molar-refractivity contribution is 8.02.